The van der Waals surface area contributed by atoms with E-state index in [0.29, 0.717) is 16.1 Å². The van der Waals surface area contributed by atoms with Crippen LogP contribution in [0.2, 0.25) is 5.02 Å². The van der Waals surface area contributed by atoms with E-state index >= 15 is 0 Å². The number of benzene rings is 2. The van der Waals surface area contributed by atoms with Crippen LogP contribution in [0.15, 0.2) is 70.6 Å². The molecule has 0 aliphatic heterocycles. The molecule has 3 rings (SSSR count). The van der Waals surface area contributed by atoms with E-state index in [2.05, 4.69) is 36.4 Å². The van der Waals surface area contributed by atoms with Crippen LogP contribution in [-0.2, 0) is 0 Å². The van der Waals surface area contributed by atoms with Crippen molar-refractivity contribution in [2.24, 2.45) is 5.10 Å². The van der Waals surface area contributed by atoms with Crippen molar-refractivity contribution in [1.82, 2.24) is 15.4 Å². The largest absolute Gasteiger partial charge is 0.422 e. The highest BCUT2D eigenvalue weighted by atomic mass is 79.9. The summed E-state index contributed by atoms with van der Waals surface area (Å²) in [5, 5.41) is 4.41. The van der Waals surface area contributed by atoms with Crippen molar-refractivity contribution >= 4 is 45.6 Å². The van der Waals surface area contributed by atoms with Gasteiger partial charge in [0.15, 0.2) is 0 Å². The lowest BCUT2D eigenvalue weighted by Gasteiger charge is -2.08. The average Bonchev–Trinajstić information content (AvgIpc) is 2.71. The second-order valence-electron chi connectivity index (χ2n) is 5.37. The number of carbonyl (C=O) groups is 2. The molecule has 0 unspecified atom stereocenters. The highest BCUT2D eigenvalue weighted by Crippen LogP contribution is 2.23. The van der Waals surface area contributed by atoms with E-state index < -0.39 is 11.9 Å². The number of ether oxygens (including phenoxy) is 1. The Morgan fingerprint density at radius 3 is 2.64 bits per heavy atom. The molecule has 7 nitrogen and oxygen atoms in total. The molecule has 0 spiro atoms. The average molecular weight is 460 g/mol. The number of rotatable bonds is 5. The standard InChI is InChI=1S/C19H12BrClN4O3/c20-14-3-6-17(28-19(27)12-1-4-15(21)5-2-12)13(9-14)10-24-25-18(26)16-11-22-7-8-23-16/h1-11H,(H,25,26)/b24-10+. The van der Waals surface area contributed by atoms with Crippen LogP contribution in [0.3, 0.4) is 0 Å². The predicted octanol–water partition coefficient (Wildman–Crippen LogP) is 3.88. The van der Waals surface area contributed by atoms with Crippen molar-refractivity contribution in [3.63, 3.8) is 0 Å². The molecule has 2 aromatic carbocycles. The first-order chi connectivity index (χ1) is 13.5. The van der Waals surface area contributed by atoms with E-state index in [1.54, 1.807) is 42.5 Å². The van der Waals surface area contributed by atoms with Gasteiger partial charge in [-0.2, -0.15) is 5.10 Å². The second kappa shape index (κ2) is 9.20. The van der Waals surface area contributed by atoms with Gasteiger partial charge in [0.25, 0.3) is 5.91 Å². The fraction of sp³-hybridized carbons (Fsp3) is 0. The quantitative estimate of drug-likeness (QED) is 0.270. The summed E-state index contributed by atoms with van der Waals surface area (Å²) in [5.74, 6) is -0.781. The number of hydrazone groups is 1. The van der Waals surface area contributed by atoms with Crippen LogP contribution in [0.5, 0.6) is 5.75 Å². The van der Waals surface area contributed by atoms with E-state index in [9.17, 15) is 9.59 Å². The Labute approximate surface area is 173 Å². The van der Waals surface area contributed by atoms with Gasteiger partial charge in [0, 0.05) is 27.5 Å². The van der Waals surface area contributed by atoms with E-state index in [-0.39, 0.29) is 11.4 Å². The number of esters is 1. The van der Waals surface area contributed by atoms with Gasteiger partial charge in [-0.15, -0.1) is 0 Å². The zero-order valence-electron chi connectivity index (χ0n) is 14.2. The monoisotopic (exact) mass is 458 g/mol. The summed E-state index contributed by atoms with van der Waals surface area (Å²) < 4.78 is 6.19. The molecule has 0 aliphatic carbocycles. The molecule has 0 bridgehead atoms. The molecule has 140 valence electrons. The smallest absolute Gasteiger partial charge is 0.343 e. The van der Waals surface area contributed by atoms with Crippen molar-refractivity contribution in [3.05, 3.63) is 87.4 Å². The number of nitrogens with one attached hydrogen (secondary N) is 1. The third-order valence-corrected chi connectivity index (χ3v) is 4.17. The van der Waals surface area contributed by atoms with Crippen LogP contribution < -0.4 is 10.2 Å². The molecular weight excluding hydrogens is 448 g/mol. The van der Waals surface area contributed by atoms with Gasteiger partial charge >= 0.3 is 5.97 Å². The summed E-state index contributed by atoms with van der Waals surface area (Å²) in [5.41, 5.74) is 3.31. The molecule has 0 atom stereocenters. The number of hydrogen-bond acceptors (Lipinski definition) is 6. The minimum Gasteiger partial charge on any atom is -0.422 e. The van der Waals surface area contributed by atoms with Crippen molar-refractivity contribution in [2.45, 2.75) is 0 Å². The zero-order valence-corrected chi connectivity index (χ0v) is 16.5. The third kappa shape index (κ3) is 5.21. The molecule has 1 N–H and O–H groups in total. The Kier molecular flexibility index (Phi) is 6.46. The van der Waals surface area contributed by atoms with Gasteiger partial charge in [-0.05, 0) is 42.5 Å². The molecule has 0 radical (unpaired) electrons. The first-order valence-corrected chi connectivity index (χ1v) is 9.07. The van der Waals surface area contributed by atoms with E-state index in [0.717, 1.165) is 4.47 Å². The van der Waals surface area contributed by atoms with Crippen LogP contribution in [0.1, 0.15) is 26.4 Å². The van der Waals surface area contributed by atoms with Crippen LogP contribution in [0, 0.1) is 0 Å². The lowest BCUT2D eigenvalue weighted by Crippen LogP contribution is -2.19. The number of aromatic nitrogens is 2. The van der Waals surface area contributed by atoms with Gasteiger partial charge in [-0.1, -0.05) is 27.5 Å². The Balaban J connectivity index is 1.74. The molecule has 0 saturated carbocycles. The normalized spacial score (nSPS) is 10.6. The minimum atomic E-state index is -0.544. The van der Waals surface area contributed by atoms with Crippen molar-refractivity contribution in [2.75, 3.05) is 0 Å². The number of nitrogens with zero attached hydrogens (tertiary/aromatic N) is 3. The first kappa shape index (κ1) is 19.7. The zero-order chi connectivity index (χ0) is 19.9. The molecule has 0 saturated heterocycles. The van der Waals surface area contributed by atoms with E-state index in [4.69, 9.17) is 16.3 Å². The number of carbonyl (C=O) groups excluding carboxylic acids is 2. The van der Waals surface area contributed by atoms with Gasteiger partial charge in [0.1, 0.15) is 11.4 Å². The fourth-order valence-corrected chi connectivity index (χ4v) is 2.60. The van der Waals surface area contributed by atoms with Crippen molar-refractivity contribution in [1.29, 1.82) is 0 Å². The Morgan fingerprint density at radius 1 is 1.14 bits per heavy atom. The highest BCUT2D eigenvalue weighted by molar-refractivity contribution is 9.10. The maximum Gasteiger partial charge on any atom is 0.343 e. The molecule has 0 fully saturated rings. The summed E-state index contributed by atoms with van der Waals surface area (Å²) in [6.45, 7) is 0. The molecule has 28 heavy (non-hydrogen) atoms. The SMILES string of the molecule is O=C(Oc1ccc(Br)cc1/C=N/NC(=O)c1cnccn1)c1ccc(Cl)cc1. The second-order valence-corrected chi connectivity index (χ2v) is 6.72. The van der Waals surface area contributed by atoms with E-state index in [1.807, 2.05) is 0 Å². The van der Waals surface area contributed by atoms with Crippen molar-refractivity contribution in [3.8, 4) is 5.75 Å². The van der Waals surface area contributed by atoms with E-state index in [1.165, 1.54) is 24.8 Å². The Hall–Kier alpha value is -3.10. The summed E-state index contributed by atoms with van der Waals surface area (Å²) >= 11 is 9.18. The molecule has 3 aromatic rings. The number of amides is 1. The van der Waals surface area contributed by atoms with Gasteiger partial charge in [0.2, 0.25) is 0 Å². The fourth-order valence-electron chi connectivity index (χ4n) is 2.09. The van der Waals surface area contributed by atoms with Crippen LogP contribution in [0.25, 0.3) is 0 Å². The van der Waals surface area contributed by atoms with Gasteiger partial charge in [-0.25, -0.2) is 15.2 Å². The summed E-state index contributed by atoms with van der Waals surface area (Å²) in [4.78, 5) is 32.0. The summed E-state index contributed by atoms with van der Waals surface area (Å²) in [6, 6.07) is 11.4. The van der Waals surface area contributed by atoms with Crippen LogP contribution in [-0.4, -0.2) is 28.1 Å². The summed E-state index contributed by atoms with van der Waals surface area (Å²) in [6.07, 6.45) is 5.55. The first-order valence-electron chi connectivity index (χ1n) is 7.89. The molecule has 1 aromatic heterocycles. The van der Waals surface area contributed by atoms with Crippen LogP contribution in [0.4, 0.5) is 0 Å². The molecule has 1 heterocycles. The summed E-state index contributed by atoms with van der Waals surface area (Å²) in [7, 11) is 0. The van der Waals surface area contributed by atoms with Crippen LogP contribution >= 0.6 is 27.5 Å². The molecule has 1 amide bonds. The number of hydrogen-bond donors (Lipinski definition) is 1. The van der Waals surface area contributed by atoms with Crippen molar-refractivity contribution < 1.29 is 14.3 Å². The third-order valence-electron chi connectivity index (χ3n) is 3.42. The van der Waals surface area contributed by atoms with Gasteiger partial charge in [-0.3, -0.25) is 9.78 Å². The highest BCUT2D eigenvalue weighted by Gasteiger charge is 2.12. The minimum absolute atomic E-state index is 0.128. The predicted molar refractivity (Wildman–Crippen MR) is 108 cm³/mol. The number of halogens is 2. The van der Waals surface area contributed by atoms with Gasteiger partial charge < -0.3 is 4.74 Å². The van der Waals surface area contributed by atoms with Gasteiger partial charge in [0.05, 0.1) is 18.0 Å². The Morgan fingerprint density at radius 2 is 1.93 bits per heavy atom. The maximum absolute atomic E-state index is 12.3. The lowest BCUT2D eigenvalue weighted by atomic mass is 10.2. The molecule has 0 aliphatic rings. The lowest BCUT2D eigenvalue weighted by molar-refractivity contribution is 0.0734. The molecule has 9 heteroatoms. The maximum atomic E-state index is 12.3. The molecular formula is C19H12BrClN4O3. The Bertz CT molecular complexity index is 1030. The topological polar surface area (TPSA) is 93.5 Å².